The summed E-state index contributed by atoms with van der Waals surface area (Å²) in [5.74, 6) is 1.19. The third kappa shape index (κ3) is 3.23. The summed E-state index contributed by atoms with van der Waals surface area (Å²) in [7, 11) is 3.02. The first kappa shape index (κ1) is 20.4. The van der Waals surface area contributed by atoms with E-state index in [1.807, 2.05) is 13.8 Å². The number of imidazole rings is 1. The lowest BCUT2D eigenvalue weighted by Crippen LogP contribution is -2.37. The molecule has 3 aromatic heterocycles. The fourth-order valence-electron chi connectivity index (χ4n) is 3.26. The summed E-state index contributed by atoms with van der Waals surface area (Å²) in [6.45, 7) is 4.04. The van der Waals surface area contributed by atoms with Crippen LogP contribution in [0.25, 0.3) is 22.6 Å². The van der Waals surface area contributed by atoms with Gasteiger partial charge >= 0.3 is 5.69 Å². The van der Waals surface area contributed by atoms with Crippen LogP contribution in [0.3, 0.4) is 0 Å². The van der Waals surface area contributed by atoms with Crippen LogP contribution in [0.2, 0.25) is 10.0 Å². The molecule has 1 aromatic carbocycles. The highest BCUT2D eigenvalue weighted by Gasteiger charge is 2.22. The minimum absolute atomic E-state index is 0.00493. The quantitative estimate of drug-likeness (QED) is 0.475. The summed E-state index contributed by atoms with van der Waals surface area (Å²) in [6, 6.07) is 5.01. The van der Waals surface area contributed by atoms with Crippen LogP contribution < -0.4 is 11.2 Å². The lowest BCUT2D eigenvalue weighted by Gasteiger charge is -2.09. The Labute approximate surface area is 180 Å². The molecule has 4 aromatic rings. The van der Waals surface area contributed by atoms with Crippen molar-refractivity contribution in [3.8, 4) is 11.5 Å². The van der Waals surface area contributed by atoms with Crippen LogP contribution >= 0.6 is 23.2 Å². The zero-order chi connectivity index (χ0) is 21.7. The van der Waals surface area contributed by atoms with Crippen molar-refractivity contribution in [3.63, 3.8) is 0 Å². The van der Waals surface area contributed by atoms with Gasteiger partial charge in [-0.3, -0.25) is 13.9 Å². The molecule has 0 amide bonds. The Morgan fingerprint density at radius 1 is 1.07 bits per heavy atom. The zero-order valence-corrected chi connectivity index (χ0v) is 18.2. The SMILES string of the molecule is CC(C)c1nc2c(c(=O)n(C)c(=O)n2C)n1Cc1nnc(-c2ccc(Cl)c(Cl)c2)o1. The normalized spacial score (nSPS) is 11.7. The first-order chi connectivity index (χ1) is 14.2. The van der Waals surface area contributed by atoms with E-state index >= 15 is 0 Å². The largest absolute Gasteiger partial charge is 0.419 e. The Morgan fingerprint density at radius 3 is 2.47 bits per heavy atom. The third-order valence-corrected chi connectivity index (χ3v) is 5.56. The number of hydrogen-bond donors (Lipinski definition) is 0. The fraction of sp³-hybridized carbons (Fsp3) is 0.316. The highest BCUT2D eigenvalue weighted by atomic mass is 35.5. The van der Waals surface area contributed by atoms with Crippen LogP contribution in [0.1, 0.15) is 31.5 Å². The second-order valence-corrected chi connectivity index (χ2v) is 8.03. The van der Waals surface area contributed by atoms with Gasteiger partial charge in [-0.15, -0.1) is 10.2 Å². The number of halogens is 2. The van der Waals surface area contributed by atoms with Crippen molar-refractivity contribution < 1.29 is 4.42 Å². The van der Waals surface area contributed by atoms with E-state index in [-0.39, 0.29) is 24.2 Å². The molecular weight excluding hydrogens is 431 g/mol. The molecule has 0 bridgehead atoms. The molecule has 0 N–H and O–H groups in total. The van der Waals surface area contributed by atoms with E-state index in [9.17, 15) is 9.59 Å². The van der Waals surface area contributed by atoms with Gasteiger partial charge in [0.1, 0.15) is 12.4 Å². The van der Waals surface area contributed by atoms with E-state index in [4.69, 9.17) is 27.6 Å². The van der Waals surface area contributed by atoms with E-state index < -0.39 is 11.2 Å². The molecule has 0 aliphatic heterocycles. The molecule has 0 saturated carbocycles. The minimum Gasteiger partial charge on any atom is -0.419 e. The van der Waals surface area contributed by atoms with Crippen molar-refractivity contribution in [1.29, 1.82) is 0 Å². The highest BCUT2D eigenvalue weighted by Crippen LogP contribution is 2.28. The first-order valence-electron chi connectivity index (χ1n) is 9.13. The molecule has 9 nitrogen and oxygen atoms in total. The van der Waals surface area contributed by atoms with Gasteiger partial charge in [-0.25, -0.2) is 9.78 Å². The standard InChI is InChI=1S/C19H18Cl2N6O3/c1-9(2)15-22-16-14(18(28)26(4)19(29)25(16)3)27(15)8-13-23-24-17(30-13)10-5-6-11(20)12(21)7-10/h5-7,9H,8H2,1-4H3. The molecule has 0 atom stereocenters. The van der Waals surface area contributed by atoms with Gasteiger partial charge in [0.05, 0.1) is 10.0 Å². The van der Waals surface area contributed by atoms with Crippen LogP contribution in [0, 0.1) is 0 Å². The molecule has 0 unspecified atom stereocenters. The summed E-state index contributed by atoms with van der Waals surface area (Å²) in [5.41, 5.74) is 0.374. The van der Waals surface area contributed by atoms with E-state index in [0.717, 1.165) is 4.57 Å². The molecule has 30 heavy (non-hydrogen) atoms. The van der Waals surface area contributed by atoms with E-state index in [1.54, 1.807) is 29.8 Å². The number of fused-ring (bicyclic) bond motifs is 1. The molecule has 0 spiro atoms. The molecule has 156 valence electrons. The van der Waals surface area contributed by atoms with Crippen LogP contribution in [-0.4, -0.2) is 28.9 Å². The monoisotopic (exact) mass is 448 g/mol. The van der Waals surface area contributed by atoms with Crippen LogP contribution in [0.15, 0.2) is 32.2 Å². The number of aryl methyl sites for hydroxylation is 1. The van der Waals surface area contributed by atoms with Crippen molar-refractivity contribution in [2.24, 2.45) is 14.1 Å². The third-order valence-electron chi connectivity index (χ3n) is 4.82. The van der Waals surface area contributed by atoms with Gasteiger partial charge in [-0.2, -0.15) is 0 Å². The van der Waals surface area contributed by atoms with Gasteiger partial charge < -0.3 is 8.98 Å². The molecule has 0 radical (unpaired) electrons. The molecule has 0 aliphatic rings. The van der Waals surface area contributed by atoms with Gasteiger partial charge in [0.15, 0.2) is 11.2 Å². The zero-order valence-electron chi connectivity index (χ0n) is 16.7. The Morgan fingerprint density at radius 2 is 1.80 bits per heavy atom. The Balaban J connectivity index is 1.84. The smallest absolute Gasteiger partial charge is 0.332 e. The van der Waals surface area contributed by atoms with Gasteiger partial charge in [0.25, 0.3) is 5.56 Å². The van der Waals surface area contributed by atoms with Crippen molar-refractivity contribution in [1.82, 2.24) is 28.9 Å². The maximum Gasteiger partial charge on any atom is 0.332 e. The number of rotatable bonds is 4. The van der Waals surface area contributed by atoms with Crippen molar-refractivity contribution in [2.75, 3.05) is 0 Å². The van der Waals surface area contributed by atoms with Crippen molar-refractivity contribution in [2.45, 2.75) is 26.3 Å². The van der Waals surface area contributed by atoms with Gasteiger partial charge in [-0.05, 0) is 18.2 Å². The van der Waals surface area contributed by atoms with Gasteiger partial charge in [0.2, 0.25) is 11.8 Å². The molecular formula is C19H18Cl2N6O3. The van der Waals surface area contributed by atoms with E-state index in [1.165, 1.54) is 11.6 Å². The summed E-state index contributed by atoms with van der Waals surface area (Å²) < 4.78 is 9.92. The fourth-order valence-corrected chi connectivity index (χ4v) is 3.56. The predicted octanol–water partition coefficient (Wildman–Crippen LogP) is 2.96. The molecule has 4 rings (SSSR count). The maximum absolute atomic E-state index is 12.8. The number of nitrogens with zero attached hydrogens (tertiary/aromatic N) is 6. The summed E-state index contributed by atoms with van der Waals surface area (Å²) >= 11 is 12.0. The Hall–Kier alpha value is -2.91. The van der Waals surface area contributed by atoms with Crippen LogP contribution in [-0.2, 0) is 20.6 Å². The van der Waals surface area contributed by atoms with E-state index in [0.29, 0.717) is 32.6 Å². The Bertz CT molecular complexity index is 1400. The highest BCUT2D eigenvalue weighted by molar-refractivity contribution is 6.42. The minimum atomic E-state index is -0.438. The summed E-state index contributed by atoms with van der Waals surface area (Å²) in [4.78, 5) is 29.7. The number of hydrogen-bond acceptors (Lipinski definition) is 6. The molecule has 3 heterocycles. The summed E-state index contributed by atoms with van der Waals surface area (Å²) in [6.07, 6.45) is 0. The number of benzene rings is 1. The Kier molecular flexibility index (Phi) is 5.03. The average Bonchev–Trinajstić information content (AvgIpc) is 3.32. The molecule has 0 fully saturated rings. The number of aromatic nitrogens is 6. The van der Waals surface area contributed by atoms with Gasteiger partial charge in [0, 0.05) is 25.6 Å². The van der Waals surface area contributed by atoms with Crippen LogP contribution in [0.4, 0.5) is 0 Å². The molecule has 11 heteroatoms. The summed E-state index contributed by atoms with van der Waals surface area (Å²) in [5, 5.41) is 8.97. The second-order valence-electron chi connectivity index (χ2n) is 7.22. The lowest BCUT2D eigenvalue weighted by atomic mass is 10.2. The predicted molar refractivity (Wildman–Crippen MR) is 113 cm³/mol. The van der Waals surface area contributed by atoms with Gasteiger partial charge in [-0.1, -0.05) is 37.0 Å². The topological polar surface area (TPSA) is 101 Å². The molecule has 0 saturated heterocycles. The van der Waals surface area contributed by atoms with Crippen molar-refractivity contribution >= 4 is 34.4 Å². The second kappa shape index (κ2) is 7.41. The first-order valence-corrected chi connectivity index (χ1v) is 9.88. The maximum atomic E-state index is 12.8. The average molecular weight is 449 g/mol. The van der Waals surface area contributed by atoms with Crippen molar-refractivity contribution in [3.05, 3.63) is 60.8 Å². The molecule has 0 aliphatic carbocycles. The lowest BCUT2D eigenvalue weighted by molar-refractivity contribution is 0.483. The van der Waals surface area contributed by atoms with E-state index in [2.05, 4.69) is 15.2 Å². The van der Waals surface area contributed by atoms with Crippen LogP contribution in [0.5, 0.6) is 0 Å².